The van der Waals surface area contributed by atoms with Gasteiger partial charge >= 0.3 is 0 Å². The molecule has 0 bridgehead atoms. The van der Waals surface area contributed by atoms with E-state index in [0.29, 0.717) is 25.0 Å². The molecule has 5 rings (SSSR count). The highest BCUT2D eigenvalue weighted by Crippen LogP contribution is 2.36. The molecule has 0 amide bonds. The number of benzene rings is 3. The molecule has 0 N–H and O–H groups in total. The maximum absolute atomic E-state index is 6.21. The Morgan fingerprint density at radius 2 is 1.45 bits per heavy atom. The van der Waals surface area contributed by atoms with Crippen LogP contribution in [0, 0.1) is 0 Å². The largest absolute Gasteiger partial charge is 0.473 e. The van der Waals surface area contributed by atoms with Gasteiger partial charge in [0.05, 0.1) is 11.1 Å². The highest BCUT2D eigenvalue weighted by Gasteiger charge is 2.18. The summed E-state index contributed by atoms with van der Waals surface area (Å²) >= 11 is 3.58. The van der Waals surface area contributed by atoms with E-state index in [1.165, 1.54) is 0 Å². The normalized spacial score (nSPS) is 11.0. The number of nitrogens with zero attached hydrogens (tertiary/aromatic N) is 3. The Kier molecular flexibility index (Phi) is 6.09. The quantitative estimate of drug-likeness (QED) is 0.254. The molecule has 5 aromatic rings. The molecular formula is C27H22BrN3O2. The van der Waals surface area contributed by atoms with E-state index in [0.717, 1.165) is 37.8 Å². The van der Waals surface area contributed by atoms with E-state index >= 15 is 0 Å². The third-order valence-corrected chi connectivity index (χ3v) is 5.84. The van der Waals surface area contributed by atoms with Gasteiger partial charge in [0, 0.05) is 23.0 Å². The van der Waals surface area contributed by atoms with E-state index in [1.807, 2.05) is 96.7 Å². The third-order valence-electron chi connectivity index (χ3n) is 5.35. The van der Waals surface area contributed by atoms with Gasteiger partial charge in [-0.2, -0.15) is 10.1 Å². The van der Waals surface area contributed by atoms with Crippen LogP contribution in [0.3, 0.4) is 0 Å². The zero-order valence-electron chi connectivity index (χ0n) is 18.1. The monoisotopic (exact) mass is 499 g/mol. The first kappa shape index (κ1) is 21.2. The maximum Gasteiger partial charge on any atom is 0.226 e. The van der Waals surface area contributed by atoms with Gasteiger partial charge in [-0.05, 0) is 35.4 Å². The minimum absolute atomic E-state index is 0.400. The number of pyridine rings is 1. The van der Waals surface area contributed by atoms with Crippen molar-refractivity contribution in [2.75, 3.05) is 0 Å². The van der Waals surface area contributed by atoms with Gasteiger partial charge in [-0.15, -0.1) is 0 Å². The maximum atomic E-state index is 6.21. The van der Waals surface area contributed by atoms with Crippen molar-refractivity contribution in [3.63, 3.8) is 0 Å². The van der Waals surface area contributed by atoms with E-state index in [4.69, 9.17) is 19.6 Å². The zero-order chi connectivity index (χ0) is 22.6. The molecule has 0 spiro atoms. The molecule has 3 aromatic carbocycles. The SMILES string of the molecule is Cn1nc(-c2ccc(OCc3ccccc3)nc2OCc2ccccc2)c2cc(Br)ccc21. The zero-order valence-corrected chi connectivity index (χ0v) is 19.7. The highest BCUT2D eigenvalue weighted by molar-refractivity contribution is 9.10. The summed E-state index contributed by atoms with van der Waals surface area (Å²) in [5.74, 6) is 0.997. The van der Waals surface area contributed by atoms with E-state index in [2.05, 4.69) is 22.0 Å². The molecule has 33 heavy (non-hydrogen) atoms. The highest BCUT2D eigenvalue weighted by atomic mass is 79.9. The standard InChI is InChI=1S/C27H22BrN3O2/c1-31-24-14-12-21(28)16-23(24)26(30-31)22-13-15-25(32-17-19-8-4-2-5-9-19)29-27(22)33-18-20-10-6-3-7-11-20/h2-16H,17-18H2,1H3. The number of rotatable bonds is 7. The molecule has 5 nitrogen and oxygen atoms in total. The van der Waals surface area contributed by atoms with Crippen LogP contribution in [0.4, 0.5) is 0 Å². The molecule has 2 aromatic heterocycles. The van der Waals surface area contributed by atoms with Crippen molar-refractivity contribution in [2.24, 2.45) is 7.05 Å². The second-order valence-corrected chi connectivity index (χ2v) is 8.60. The molecule has 2 heterocycles. The Morgan fingerprint density at radius 1 is 0.788 bits per heavy atom. The number of ether oxygens (including phenoxy) is 2. The average molecular weight is 500 g/mol. The summed E-state index contributed by atoms with van der Waals surface area (Å²) in [7, 11) is 1.94. The molecule has 0 fully saturated rings. The van der Waals surface area contributed by atoms with Crippen LogP contribution in [0.2, 0.25) is 0 Å². The van der Waals surface area contributed by atoms with Crippen molar-refractivity contribution < 1.29 is 9.47 Å². The van der Waals surface area contributed by atoms with E-state index < -0.39 is 0 Å². The Bertz CT molecular complexity index is 1390. The second-order valence-electron chi connectivity index (χ2n) is 7.68. The topological polar surface area (TPSA) is 49.2 Å². The van der Waals surface area contributed by atoms with Crippen LogP contribution in [-0.4, -0.2) is 14.8 Å². The van der Waals surface area contributed by atoms with E-state index in [1.54, 1.807) is 0 Å². The molecule has 0 saturated carbocycles. The number of aryl methyl sites for hydroxylation is 1. The lowest BCUT2D eigenvalue weighted by molar-refractivity contribution is 0.268. The molecule has 6 heteroatoms. The Hall–Kier alpha value is -3.64. The Labute approximate surface area is 200 Å². The average Bonchev–Trinajstić information content (AvgIpc) is 3.18. The molecule has 0 radical (unpaired) electrons. The fourth-order valence-corrected chi connectivity index (χ4v) is 4.05. The van der Waals surface area contributed by atoms with Crippen LogP contribution in [0.25, 0.3) is 22.2 Å². The van der Waals surface area contributed by atoms with Crippen LogP contribution < -0.4 is 9.47 Å². The summed E-state index contributed by atoms with van der Waals surface area (Å²) in [6.07, 6.45) is 0. The van der Waals surface area contributed by atoms with Crippen LogP contribution in [0.5, 0.6) is 11.8 Å². The molecule has 0 unspecified atom stereocenters. The molecule has 0 atom stereocenters. The summed E-state index contributed by atoms with van der Waals surface area (Å²) in [6, 6.07) is 30.0. The first-order valence-corrected chi connectivity index (χ1v) is 11.4. The fourth-order valence-electron chi connectivity index (χ4n) is 3.69. The molecule has 0 aliphatic rings. The summed E-state index contributed by atoms with van der Waals surface area (Å²) in [6.45, 7) is 0.836. The Morgan fingerprint density at radius 3 is 2.15 bits per heavy atom. The van der Waals surface area contributed by atoms with Gasteiger partial charge < -0.3 is 9.47 Å². The molecule has 0 aliphatic carbocycles. The minimum Gasteiger partial charge on any atom is -0.473 e. The first-order valence-electron chi connectivity index (χ1n) is 10.6. The van der Waals surface area contributed by atoms with Crippen molar-refractivity contribution in [3.05, 3.63) is 107 Å². The van der Waals surface area contributed by atoms with Crippen molar-refractivity contribution in [2.45, 2.75) is 13.2 Å². The van der Waals surface area contributed by atoms with E-state index in [9.17, 15) is 0 Å². The van der Waals surface area contributed by atoms with Gasteiger partial charge in [0.25, 0.3) is 0 Å². The van der Waals surface area contributed by atoms with Gasteiger partial charge in [-0.25, -0.2) is 0 Å². The van der Waals surface area contributed by atoms with Gasteiger partial charge in [0.15, 0.2) is 0 Å². The Balaban J connectivity index is 1.51. The minimum atomic E-state index is 0.400. The van der Waals surface area contributed by atoms with Crippen LogP contribution in [0.1, 0.15) is 11.1 Å². The van der Waals surface area contributed by atoms with Gasteiger partial charge in [0.1, 0.15) is 18.9 Å². The smallest absolute Gasteiger partial charge is 0.226 e. The number of hydrogen-bond donors (Lipinski definition) is 0. The lowest BCUT2D eigenvalue weighted by Crippen LogP contribution is -2.02. The molecule has 164 valence electrons. The van der Waals surface area contributed by atoms with Gasteiger partial charge in [0.2, 0.25) is 11.8 Å². The number of aromatic nitrogens is 3. The number of fused-ring (bicyclic) bond motifs is 1. The van der Waals surface area contributed by atoms with Crippen LogP contribution in [0.15, 0.2) is 95.5 Å². The van der Waals surface area contributed by atoms with Crippen LogP contribution in [-0.2, 0) is 20.3 Å². The van der Waals surface area contributed by atoms with Gasteiger partial charge in [-0.1, -0.05) is 76.6 Å². The van der Waals surface area contributed by atoms with Crippen molar-refractivity contribution in [3.8, 4) is 23.0 Å². The predicted octanol–water partition coefficient (Wildman–Crippen LogP) is 6.56. The van der Waals surface area contributed by atoms with Crippen LogP contribution >= 0.6 is 15.9 Å². The van der Waals surface area contributed by atoms with Crippen molar-refractivity contribution in [1.29, 1.82) is 0 Å². The third kappa shape index (κ3) is 4.76. The van der Waals surface area contributed by atoms with E-state index in [-0.39, 0.29) is 0 Å². The summed E-state index contributed by atoms with van der Waals surface area (Å²) in [4.78, 5) is 4.71. The van der Waals surface area contributed by atoms with Gasteiger partial charge in [-0.3, -0.25) is 4.68 Å². The summed E-state index contributed by atoms with van der Waals surface area (Å²) < 4.78 is 15.0. The lowest BCUT2D eigenvalue weighted by Gasteiger charge is -2.12. The second kappa shape index (κ2) is 9.46. The molecule has 0 aliphatic heterocycles. The predicted molar refractivity (Wildman–Crippen MR) is 133 cm³/mol. The first-order chi connectivity index (χ1) is 16.2. The number of hydrogen-bond acceptors (Lipinski definition) is 4. The lowest BCUT2D eigenvalue weighted by atomic mass is 10.1. The fraction of sp³-hybridized carbons (Fsp3) is 0.111. The number of halogens is 1. The van der Waals surface area contributed by atoms with Crippen molar-refractivity contribution in [1.82, 2.24) is 14.8 Å². The van der Waals surface area contributed by atoms with Crippen molar-refractivity contribution >= 4 is 26.8 Å². The molecule has 0 saturated heterocycles. The summed E-state index contributed by atoms with van der Waals surface area (Å²) in [5, 5.41) is 5.80. The molecular weight excluding hydrogens is 478 g/mol. The summed E-state index contributed by atoms with van der Waals surface area (Å²) in [5.41, 5.74) is 4.82.